The Balaban J connectivity index is 1.87. The van der Waals surface area contributed by atoms with E-state index in [2.05, 4.69) is 45.9 Å². The fraction of sp³-hybridized carbons (Fsp3) is 0.737. The molecule has 2 aliphatic carbocycles. The van der Waals surface area contributed by atoms with Gasteiger partial charge in [0.15, 0.2) is 0 Å². The summed E-state index contributed by atoms with van der Waals surface area (Å²) in [6, 6.07) is 2.20. The van der Waals surface area contributed by atoms with Crippen LogP contribution in [-0.4, -0.2) is 37.1 Å². The Kier molecular flexibility index (Phi) is 5.44. The summed E-state index contributed by atoms with van der Waals surface area (Å²) in [6.07, 6.45) is 10.4. The lowest BCUT2D eigenvalue weighted by Crippen LogP contribution is -2.50. The van der Waals surface area contributed by atoms with Gasteiger partial charge in [0.25, 0.3) is 0 Å². The summed E-state index contributed by atoms with van der Waals surface area (Å²) < 4.78 is 7.32. The highest BCUT2D eigenvalue weighted by molar-refractivity contribution is 9.10. The molecule has 1 aromatic rings. The normalized spacial score (nSPS) is 31.5. The van der Waals surface area contributed by atoms with Gasteiger partial charge in [0.1, 0.15) is 5.60 Å². The maximum absolute atomic E-state index is 6.28. The molecule has 0 amide bonds. The Morgan fingerprint density at radius 3 is 2.70 bits per heavy atom. The van der Waals surface area contributed by atoms with Gasteiger partial charge in [-0.25, -0.2) is 0 Å². The topological polar surface area (TPSA) is 25.4 Å². The van der Waals surface area contributed by atoms with Crippen molar-refractivity contribution < 1.29 is 4.74 Å². The molecule has 0 aliphatic heterocycles. The quantitative estimate of drug-likeness (QED) is 0.727. The molecule has 1 heterocycles. The van der Waals surface area contributed by atoms with Crippen molar-refractivity contribution in [2.75, 3.05) is 27.2 Å². The molecule has 0 aromatic carbocycles. The van der Waals surface area contributed by atoms with Gasteiger partial charge in [-0.3, -0.25) is 4.98 Å². The summed E-state index contributed by atoms with van der Waals surface area (Å²) in [5, 5.41) is 0. The molecule has 2 fully saturated rings. The molecule has 4 heteroatoms. The van der Waals surface area contributed by atoms with Crippen LogP contribution >= 0.6 is 15.9 Å². The second-order valence-electron chi connectivity index (χ2n) is 7.58. The zero-order chi connectivity index (χ0) is 16.4. The molecule has 0 spiro atoms. The van der Waals surface area contributed by atoms with Crippen molar-refractivity contribution >= 4 is 15.9 Å². The average molecular weight is 381 g/mol. The van der Waals surface area contributed by atoms with Crippen molar-refractivity contribution in [1.29, 1.82) is 0 Å². The van der Waals surface area contributed by atoms with Crippen LogP contribution in [-0.2, 0) is 10.3 Å². The molecule has 0 N–H and O–H groups in total. The molecule has 3 atom stereocenters. The first kappa shape index (κ1) is 17.4. The van der Waals surface area contributed by atoms with Crippen molar-refractivity contribution in [2.24, 2.45) is 17.8 Å². The summed E-state index contributed by atoms with van der Waals surface area (Å²) in [6.45, 7) is 4.69. The van der Waals surface area contributed by atoms with Gasteiger partial charge in [-0.15, -0.1) is 0 Å². The number of hydrogen-bond acceptors (Lipinski definition) is 3. The van der Waals surface area contributed by atoms with Gasteiger partial charge in [0, 0.05) is 48.5 Å². The maximum Gasteiger partial charge on any atom is 0.101 e. The number of hydrogen-bond donors (Lipinski definition) is 0. The second-order valence-corrected chi connectivity index (χ2v) is 8.50. The average Bonchev–Trinajstić information content (AvgIpc) is 3.32. The van der Waals surface area contributed by atoms with Crippen LogP contribution < -0.4 is 0 Å². The standard InChI is InChI=1S/C19H29BrN2O/c1-14-5-4-6-16(13-22(2)12-15-7-8-15)19(14,23-3)17-9-18(20)11-21-10-17/h9-11,14-16H,4-8,12-13H2,1-3H3. The van der Waals surface area contributed by atoms with E-state index in [-0.39, 0.29) is 5.60 Å². The fourth-order valence-corrected chi connectivity index (χ4v) is 4.92. The molecule has 3 nitrogen and oxygen atoms in total. The van der Waals surface area contributed by atoms with Crippen molar-refractivity contribution in [2.45, 2.75) is 44.6 Å². The molecular formula is C19H29BrN2O. The number of halogens is 1. The van der Waals surface area contributed by atoms with Crippen LogP contribution in [0.5, 0.6) is 0 Å². The van der Waals surface area contributed by atoms with Crippen LogP contribution in [0.3, 0.4) is 0 Å². The summed E-state index contributed by atoms with van der Waals surface area (Å²) >= 11 is 3.59. The first-order chi connectivity index (χ1) is 11.1. The van der Waals surface area contributed by atoms with Gasteiger partial charge >= 0.3 is 0 Å². The molecule has 23 heavy (non-hydrogen) atoms. The molecule has 2 saturated carbocycles. The summed E-state index contributed by atoms with van der Waals surface area (Å²) in [4.78, 5) is 6.95. The van der Waals surface area contributed by atoms with Crippen molar-refractivity contribution in [3.8, 4) is 0 Å². The Morgan fingerprint density at radius 2 is 2.04 bits per heavy atom. The van der Waals surface area contributed by atoms with Gasteiger partial charge in [-0.05, 0) is 66.6 Å². The van der Waals surface area contributed by atoms with Gasteiger partial charge in [0.05, 0.1) is 0 Å². The first-order valence-electron chi connectivity index (χ1n) is 8.91. The summed E-state index contributed by atoms with van der Waals surface area (Å²) in [7, 11) is 4.16. The third-order valence-corrected chi connectivity index (χ3v) is 6.25. The van der Waals surface area contributed by atoms with Gasteiger partial charge in [-0.2, -0.15) is 0 Å². The largest absolute Gasteiger partial charge is 0.373 e. The fourth-order valence-electron chi connectivity index (χ4n) is 4.55. The third kappa shape index (κ3) is 3.64. The molecule has 128 valence electrons. The summed E-state index contributed by atoms with van der Waals surface area (Å²) in [5.41, 5.74) is 1.01. The smallest absolute Gasteiger partial charge is 0.101 e. The van der Waals surface area contributed by atoms with E-state index in [4.69, 9.17) is 4.74 Å². The van der Waals surface area contributed by atoms with E-state index < -0.39 is 0 Å². The Morgan fingerprint density at radius 1 is 1.26 bits per heavy atom. The van der Waals surface area contributed by atoms with Crippen LogP contribution in [0.4, 0.5) is 0 Å². The number of rotatable bonds is 6. The van der Waals surface area contributed by atoms with Crippen LogP contribution in [0.15, 0.2) is 22.9 Å². The Bertz CT molecular complexity index is 534. The number of pyridine rings is 1. The predicted octanol–water partition coefficient (Wildman–Crippen LogP) is 4.46. The molecular weight excluding hydrogens is 352 g/mol. The highest BCUT2D eigenvalue weighted by Gasteiger charge is 2.48. The summed E-state index contributed by atoms with van der Waals surface area (Å²) in [5.74, 6) is 1.97. The molecule has 0 radical (unpaired) electrons. The van der Waals surface area contributed by atoms with E-state index in [1.807, 2.05) is 19.5 Å². The lowest BCUT2D eigenvalue weighted by Gasteiger charge is -2.49. The van der Waals surface area contributed by atoms with E-state index in [9.17, 15) is 0 Å². The molecule has 3 rings (SSSR count). The van der Waals surface area contributed by atoms with Crippen molar-refractivity contribution in [3.63, 3.8) is 0 Å². The van der Waals surface area contributed by atoms with Gasteiger partial charge < -0.3 is 9.64 Å². The predicted molar refractivity (Wildman–Crippen MR) is 97.4 cm³/mol. The third-order valence-electron chi connectivity index (χ3n) is 5.82. The minimum absolute atomic E-state index is 0.215. The maximum atomic E-state index is 6.28. The number of aromatic nitrogens is 1. The molecule has 0 saturated heterocycles. The van der Waals surface area contributed by atoms with Gasteiger partial charge in [0.2, 0.25) is 0 Å². The Hall–Kier alpha value is -0.450. The number of nitrogens with zero attached hydrogens (tertiary/aromatic N) is 2. The minimum Gasteiger partial charge on any atom is -0.373 e. The first-order valence-corrected chi connectivity index (χ1v) is 9.70. The SMILES string of the molecule is COC1(c2cncc(Br)c2)C(C)CCCC1CN(C)CC1CC1. The van der Waals surface area contributed by atoms with Crippen LogP contribution in [0, 0.1) is 17.8 Å². The van der Waals surface area contributed by atoms with Crippen LogP contribution in [0.25, 0.3) is 0 Å². The van der Waals surface area contributed by atoms with Crippen molar-refractivity contribution in [3.05, 3.63) is 28.5 Å². The molecule has 2 aliphatic rings. The van der Waals surface area contributed by atoms with E-state index in [1.165, 1.54) is 44.2 Å². The monoisotopic (exact) mass is 380 g/mol. The molecule has 0 bridgehead atoms. The van der Waals surface area contributed by atoms with Crippen LogP contribution in [0.2, 0.25) is 0 Å². The Labute approximate surface area is 148 Å². The second kappa shape index (κ2) is 7.20. The van der Waals surface area contributed by atoms with E-state index >= 15 is 0 Å². The van der Waals surface area contributed by atoms with Gasteiger partial charge in [-0.1, -0.05) is 13.3 Å². The van der Waals surface area contributed by atoms with Crippen molar-refractivity contribution in [1.82, 2.24) is 9.88 Å². The molecule has 1 aromatic heterocycles. The number of methoxy groups -OCH3 is 1. The van der Waals surface area contributed by atoms with E-state index in [1.54, 1.807) is 0 Å². The highest BCUT2D eigenvalue weighted by atomic mass is 79.9. The van der Waals surface area contributed by atoms with E-state index in [0.29, 0.717) is 11.8 Å². The minimum atomic E-state index is -0.215. The van der Waals surface area contributed by atoms with E-state index in [0.717, 1.165) is 16.9 Å². The molecule has 3 unspecified atom stereocenters. The zero-order valence-corrected chi connectivity index (χ0v) is 16.2. The lowest BCUT2D eigenvalue weighted by atomic mass is 9.65. The zero-order valence-electron chi connectivity index (χ0n) is 14.6. The highest BCUT2D eigenvalue weighted by Crippen LogP contribution is 2.48. The lowest BCUT2D eigenvalue weighted by molar-refractivity contribution is -0.132. The number of ether oxygens (including phenoxy) is 1. The van der Waals surface area contributed by atoms with Crippen LogP contribution in [0.1, 0.15) is 44.6 Å².